The molecule has 0 unspecified atom stereocenters. The second-order valence-electron chi connectivity index (χ2n) is 5.38. The molecule has 2 aromatic carbocycles. The lowest BCUT2D eigenvalue weighted by atomic mass is 10.2. The van der Waals surface area contributed by atoms with E-state index in [2.05, 4.69) is 22.3 Å². The van der Waals surface area contributed by atoms with Crippen LogP contribution in [0.3, 0.4) is 0 Å². The minimum Gasteiger partial charge on any atom is -0.381 e. The van der Waals surface area contributed by atoms with E-state index in [1.165, 1.54) is 30.7 Å². The van der Waals surface area contributed by atoms with Crippen LogP contribution in [-0.2, 0) is 6.54 Å². The van der Waals surface area contributed by atoms with Gasteiger partial charge in [-0.3, -0.25) is 0 Å². The molecule has 0 radical (unpaired) electrons. The predicted octanol–water partition coefficient (Wildman–Crippen LogP) is 4.18. The van der Waals surface area contributed by atoms with Crippen molar-refractivity contribution in [3.8, 4) is 0 Å². The van der Waals surface area contributed by atoms with Gasteiger partial charge in [-0.25, -0.2) is 8.78 Å². The van der Waals surface area contributed by atoms with E-state index in [0.29, 0.717) is 12.1 Å². The normalized spacial score (nSPS) is 14.5. The molecule has 1 aliphatic heterocycles. The van der Waals surface area contributed by atoms with Crippen LogP contribution >= 0.6 is 0 Å². The highest BCUT2D eigenvalue weighted by Gasteiger charge is 2.12. The Balaban J connectivity index is 1.68. The van der Waals surface area contributed by atoms with Crippen molar-refractivity contribution in [3.63, 3.8) is 0 Å². The van der Waals surface area contributed by atoms with Crippen LogP contribution in [0, 0.1) is 11.6 Å². The van der Waals surface area contributed by atoms with E-state index in [4.69, 9.17) is 0 Å². The Labute approximate surface area is 123 Å². The zero-order valence-corrected chi connectivity index (χ0v) is 11.8. The number of halogens is 2. The monoisotopic (exact) mass is 288 g/mol. The Hall–Kier alpha value is -2.10. The van der Waals surface area contributed by atoms with Crippen LogP contribution in [0.25, 0.3) is 0 Å². The number of anilines is 2. The first kappa shape index (κ1) is 13.9. The zero-order chi connectivity index (χ0) is 14.7. The van der Waals surface area contributed by atoms with Crippen LogP contribution in [0.1, 0.15) is 18.4 Å². The number of nitrogens with zero attached hydrogens (tertiary/aromatic N) is 1. The van der Waals surface area contributed by atoms with Crippen molar-refractivity contribution in [1.82, 2.24) is 0 Å². The van der Waals surface area contributed by atoms with E-state index in [-0.39, 0.29) is 0 Å². The van der Waals surface area contributed by atoms with Crippen molar-refractivity contribution in [2.75, 3.05) is 23.3 Å². The van der Waals surface area contributed by atoms with Crippen molar-refractivity contribution >= 4 is 11.4 Å². The van der Waals surface area contributed by atoms with Crippen LogP contribution < -0.4 is 10.2 Å². The fourth-order valence-electron chi connectivity index (χ4n) is 2.71. The number of nitrogens with one attached hydrogen (secondary N) is 1. The molecule has 1 N–H and O–H groups in total. The average molecular weight is 288 g/mol. The first-order chi connectivity index (χ1) is 10.2. The molecule has 21 heavy (non-hydrogen) atoms. The zero-order valence-electron chi connectivity index (χ0n) is 11.8. The lowest BCUT2D eigenvalue weighted by Crippen LogP contribution is -2.17. The summed E-state index contributed by atoms with van der Waals surface area (Å²) in [6.07, 6.45) is 2.47. The molecule has 110 valence electrons. The highest BCUT2D eigenvalue weighted by atomic mass is 19.1. The summed E-state index contributed by atoms with van der Waals surface area (Å²) in [6, 6.07) is 11.7. The molecule has 0 spiro atoms. The van der Waals surface area contributed by atoms with E-state index in [1.807, 2.05) is 12.1 Å². The quantitative estimate of drug-likeness (QED) is 0.908. The van der Waals surface area contributed by atoms with Gasteiger partial charge in [0.2, 0.25) is 0 Å². The number of hydrogen-bond donors (Lipinski definition) is 1. The topological polar surface area (TPSA) is 15.3 Å². The fourth-order valence-corrected chi connectivity index (χ4v) is 2.71. The van der Waals surface area contributed by atoms with Crippen molar-refractivity contribution in [1.29, 1.82) is 0 Å². The van der Waals surface area contributed by atoms with E-state index in [0.717, 1.165) is 24.8 Å². The van der Waals surface area contributed by atoms with Gasteiger partial charge in [0, 0.05) is 37.1 Å². The molecule has 0 aliphatic carbocycles. The van der Waals surface area contributed by atoms with Gasteiger partial charge < -0.3 is 10.2 Å². The summed E-state index contributed by atoms with van der Waals surface area (Å²) < 4.78 is 26.3. The Bertz CT molecular complexity index is 602. The molecule has 0 saturated carbocycles. The van der Waals surface area contributed by atoms with Gasteiger partial charge in [-0.1, -0.05) is 6.07 Å². The van der Waals surface area contributed by atoms with Gasteiger partial charge in [0.1, 0.15) is 11.6 Å². The summed E-state index contributed by atoms with van der Waals surface area (Å²) in [7, 11) is 0. The van der Waals surface area contributed by atoms with Crippen molar-refractivity contribution in [2.45, 2.75) is 19.4 Å². The van der Waals surface area contributed by atoms with E-state index >= 15 is 0 Å². The van der Waals surface area contributed by atoms with Gasteiger partial charge in [0.05, 0.1) is 0 Å². The number of benzene rings is 2. The third kappa shape index (κ3) is 3.51. The second-order valence-corrected chi connectivity index (χ2v) is 5.38. The molecule has 0 atom stereocenters. The molecular weight excluding hydrogens is 270 g/mol. The van der Waals surface area contributed by atoms with Crippen LogP contribution in [-0.4, -0.2) is 13.1 Å². The summed E-state index contributed by atoms with van der Waals surface area (Å²) in [4.78, 5) is 2.35. The summed E-state index contributed by atoms with van der Waals surface area (Å²) in [6.45, 7) is 2.59. The van der Waals surface area contributed by atoms with E-state index in [9.17, 15) is 8.78 Å². The highest BCUT2D eigenvalue weighted by Crippen LogP contribution is 2.23. The third-order valence-corrected chi connectivity index (χ3v) is 3.74. The molecule has 4 heteroatoms. The largest absolute Gasteiger partial charge is 0.381 e. The van der Waals surface area contributed by atoms with Gasteiger partial charge in [-0.15, -0.1) is 0 Å². The maximum Gasteiger partial charge on any atom is 0.126 e. The maximum atomic E-state index is 13.1. The lowest BCUT2D eigenvalue weighted by molar-refractivity contribution is 0.580. The second kappa shape index (κ2) is 6.12. The molecule has 0 amide bonds. The van der Waals surface area contributed by atoms with Crippen LogP contribution in [0.15, 0.2) is 42.5 Å². The van der Waals surface area contributed by atoms with Crippen molar-refractivity contribution < 1.29 is 8.78 Å². The Morgan fingerprint density at radius 3 is 2.38 bits per heavy atom. The molecule has 2 aromatic rings. The Morgan fingerprint density at radius 1 is 0.952 bits per heavy atom. The summed E-state index contributed by atoms with van der Waals surface area (Å²) in [5.74, 6) is -1.09. The molecular formula is C17H18F2N2. The first-order valence-corrected chi connectivity index (χ1v) is 7.24. The molecule has 1 fully saturated rings. The van der Waals surface area contributed by atoms with Crippen molar-refractivity contribution in [3.05, 3.63) is 59.7 Å². The minimum absolute atomic E-state index is 0.401. The Morgan fingerprint density at radius 2 is 1.67 bits per heavy atom. The maximum absolute atomic E-state index is 13.1. The van der Waals surface area contributed by atoms with Crippen LogP contribution in [0.4, 0.5) is 20.2 Å². The molecule has 1 heterocycles. The molecule has 1 saturated heterocycles. The smallest absolute Gasteiger partial charge is 0.126 e. The highest BCUT2D eigenvalue weighted by molar-refractivity contribution is 5.58. The van der Waals surface area contributed by atoms with Gasteiger partial charge >= 0.3 is 0 Å². The van der Waals surface area contributed by atoms with Crippen LogP contribution in [0.5, 0.6) is 0 Å². The molecule has 0 bridgehead atoms. The van der Waals surface area contributed by atoms with Crippen LogP contribution in [0.2, 0.25) is 0 Å². The Kier molecular flexibility index (Phi) is 4.04. The number of rotatable bonds is 4. The lowest BCUT2D eigenvalue weighted by Gasteiger charge is -2.18. The van der Waals surface area contributed by atoms with Crippen molar-refractivity contribution in [2.24, 2.45) is 0 Å². The fraction of sp³-hybridized carbons (Fsp3) is 0.294. The van der Waals surface area contributed by atoms with E-state index in [1.54, 1.807) is 0 Å². The van der Waals surface area contributed by atoms with Gasteiger partial charge in [-0.2, -0.15) is 0 Å². The first-order valence-electron chi connectivity index (χ1n) is 7.24. The van der Waals surface area contributed by atoms with Gasteiger partial charge in [0.25, 0.3) is 0 Å². The minimum atomic E-state index is -0.544. The molecule has 1 aliphatic rings. The number of hydrogen-bond acceptors (Lipinski definition) is 2. The van der Waals surface area contributed by atoms with Gasteiger partial charge in [-0.05, 0) is 48.7 Å². The van der Waals surface area contributed by atoms with E-state index < -0.39 is 11.6 Å². The molecule has 0 aromatic heterocycles. The summed E-state index contributed by atoms with van der Waals surface area (Å²) >= 11 is 0. The van der Waals surface area contributed by atoms with Gasteiger partial charge in [0.15, 0.2) is 0 Å². The predicted molar refractivity (Wildman–Crippen MR) is 81.6 cm³/mol. The summed E-state index contributed by atoms with van der Waals surface area (Å²) in [5.41, 5.74) is 2.76. The summed E-state index contributed by atoms with van der Waals surface area (Å²) in [5, 5.41) is 3.22. The molecule has 2 nitrogen and oxygen atoms in total. The standard InChI is InChI=1S/C17H18F2N2/c18-14-8-13(9-15(19)10-14)12-20-16-4-3-5-17(11-16)21-6-1-2-7-21/h3-5,8-11,20H,1-2,6-7,12H2. The average Bonchev–Trinajstić information content (AvgIpc) is 2.99. The third-order valence-electron chi connectivity index (χ3n) is 3.74. The SMILES string of the molecule is Fc1cc(F)cc(CNc2cccc(N3CCCC3)c2)c1. The molecule has 3 rings (SSSR count).